The van der Waals surface area contributed by atoms with Crippen LogP contribution in [0.5, 0.6) is 0 Å². The number of anilines is 3. The molecule has 44 heavy (non-hydrogen) atoms. The van der Waals surface area contributed by atoms with Crippen LogP contribution in [0.2, 0.25) is 0 Å². The van der Waals surface area contributed by atoms with E-state index >= 15 is 0 Å². The van der Waals surface area contributed by atoms with E-state index in [1.807, 2.05) is 0 Å². The topological polar surface area (TPSA) is 105 Å². The molecule has 0 aliphatic carbocycles. The Hall–Kier alpha value is -4.05. The van der Waals surface area contributed by atoms with Gasteiger partial charge < -0.3 is 21.3 Å². The lowest BCUT2D eigenvalue weighted by molar-refractivity contribution is -0.152. The van der Waals surface area contributed by atoms with Gasteiger partial charge in [-0.25, -0.2) is 17.6 Å². The number of hydrogen-bond donors (Lipinski definition) is 3. The van der Waals surface area contributed by atoms with Crippen LogP contribution in [0.15, 0.2) is 42.5 Å². The zero-order chi connectivity index (χ0) is 33.0. The number of para-hydroxylation sites is 1. The molecule has 0 spiro atoms. The molecule has 0 fully saturated rings. The number of amides is 3. The normalized spacial score (nSPS) is 17.1. The number of nitrogens with two attached hydrogens (primary N) is 1. The van der Waals surface area contributed by atoms with Gasteiger partial charge in [0.15, 0.2) is 0 Å². The lowest BCUT2D eigenvalue weighted by Gasteiger charge is -2.30. The Morgan fingerprint density at radius 3 is 2.05 bits per heavy atom. The molecular formula is C27H26F10N4O3. The van der Waals surface area contributed by atoms with Crippen molar-refractivity contribution >= 4 is 34.8 Å². The van der Waals surface area contributed by atoms with Crippen LogP contribution in [0.25, 0.3) is 0 Å². The van der Waals surface area contributed by atoms with Crippen LogP contribution in [0, 0.1) is 11.8 Å². The first kappa shape index (κ1) is 34.4. The Morgan fingerprint density at radius 1 is 0.909 bits per heavy atom. The summed E-state index contributed by atoms with van der Waals surface area (Å²) in [5.41, 5.74) is 3.43. The fourth-order valence-corrected chi connectivity index (χ4v) is 4.83. The zero-order valence-corrected chi connectivity index (χ0v) is 22.5. The van der Waals surface area contributed by atoms with Crippen LogP contribution < -0.4 is 21.3 Å². The van der Waals surface area contributed by atoms with Crippen LogP contribution in [-0.2, 0) is 14.4 Å². The first-order chi connectivity index (χ1) is 20.4. The smallest absolute Gasteiger partial charge is 0.369 e. The number of primary amides is 1. The highest BCUT2D eigenvalue weighted by Gasteiger charge is 2.41. The zero-order valence-electron chi connectivity index (χ0n) is 22.5. The van der Waals surface area contributed by atoms with Crippen LogP contribution in [-0.4, -0.2) is 42.7 Å². The third-order valence-corrected chi connectivity index (χ3v) is 6.95. The quantitative estimate of drug-likeness (QED) is 0.242. The predicted molar refractivity (Wildman–Crippen MR) is 137 cm³/mol. The lowest BCUT2D eigenvalue weighted by Crippen LogP contribution is -2.52. The molecule has 1 aliphatic heterocycles. The maximum atomic E-state index is 13.9. The van der Waals surface area contributed by atoms with Crippen molar-refractivity contribution in [3.05, 3.63) is 53.6 Å². The minimum absolute atomic E-state index is 0.0416. The molecule has 2 aromatic carbocycles. The van der Waals surface area contributed by atoms with Gasteiger partial charge in [-0.1, -0.05) is 24.3 Å². The Balaban J connectivity index is 2.04. The van der Waals surface area contributed by atoms with Crippen molar-refractivity contribution in [1.29, 1.82) is 0 Å². The average molecular weight is 645 g/mol. The fraction of sp³-hybridized carbons (Fsp3) is 0.444. The molecule has 0 radical (unpaired) electrons. The number of rotatable bonds is 11. The van der Waals surface area contributed by atoms with Crippen molar-refractivity contribution in [2.45, 2.75) is 56.9 Å². The van der Waals surface area contributed by atoms with Crippen molar-refractivity contribution in [2.75, 3.05) is 16.8 Å². The molecule has 1 heterocycles. The third kappa shape index (κ3) is 8.98. The maximum Gasteiger partial charge on any atom is 0.389 e. The van der Waals surface area contributed by atoms with Crippen molar-refractivity contribution in [1.82, 2.24) is 5.32 Å². The standard InChI is InChI=1S/C27H26F10N4O3/c28-21(29)13-3-1-4-14(11-13)41-12-18(25(44)40-20-17(22(30)31)5-2-6-19(20)41)39-24(43)16(8-10-27(35,36)37)15(23(38)42)7-9-26(32,33)34/h1-6,11,15-16,18,21-22H,7-10,12H2,(H2,38,42)(H,39,43)(H,40,44)/t15-,16+,18-/m0/s1. The van der Waals surface area contributed by atoms with E-state index in [0.717, 1.165) is 23.1 Å². The van der Waals surface area contributed by atoms with Gasteiger partial charge in [0.1, 0.15) is 6.04 Å². The summed E-state index contributed by atoms with van der Waals surface area (Å²) >= 11 is 0. The average Bonchev–Trinajstić information content (AvgIpc) is 3.04. The highest BCUT2D eigenvalue weighted by molar-refractivity contribution is 6.03. The monoisotopic (exact) mass is 644 g/mol. The third-order valence-electron chi connectivity index (χ3n) is 6.95. The minimum Gasteiger partial charge on any atom is -0.369 e. The summed E-state index contributed by atoms with van der Waals surface area (Å²) in [5, 5.41) is 4.33. The van der Waals surface area contributed by atoms with E-state index in [1.165, 1.54) is 24.3 Å². The Morgan fingerprint density at radius 2 is 1.50 bits per heavy atom. The van der Waals surface area contributed by atoms with Crippen molar-refractivity contribution in [2.24, 2.45) is 17.6 Å². The molecule has 7 nitrogen and oxygen atoms in total. The highest BCUT2D eigenvalue weighted by atomic mass is 19.4. The Kier molecular flexibility index (Phi) is 10.7. The van der Waals surface area contributed by atoms with Gasteiger partial charge in [-0.3, -0.25) is 14.4 Å². The number of carbonyl (C=O) groups excluding carboxylic acids is 3. The molecule has 0 bridgehead atoms. The summed E-state index contributed by atoms with van der Waals surface area (Å²) in [6, 6.07) is 6.24. The molecule has 0 saturated heterocycles. The van der Waals surface area contributed by atoms with Gasteiger partial charge in [0.25, 0.3) is 12.9 Å². The van der Waals surface area contributed by atoms with Gasteiger partial charge in [-0.2, -0.15) is 26.3 Å². The molecule has 4 N–H and O–H groups in total. The SMILES string of the molecule is NC(=O)[C@@H](CCC(F)(F)F)[C@@H](CCC(F)(F)F)C(=O)N[C@H]1CN(c2cccc(C(F)F)c2)c2cccc(C(F)F)c2NC1=O. The summed E-state index contributed by atoms with van der Waals surface area (Å²) in [7, 11) is 0. The highest BCUT2D eigenvalue weighted by Crippen LogP contribution is 2.41. The van der Waals surface area contributed by atoms with Crippen LogP contribution in [0.4, 0.5) is 61.0 Å². The molecule has 2 aromatic rings. The molecule has 0 aromatic heterocycles. The maximum absolute atomic E-state index is 13.9. The van der Waals surface area contributed by atoms with Gasteiger partial charge in [0, 0.05) is 41.5 Å². The number of fused-ring (bicyclic) bond motifs is 1. The van der Waals surface area contributed by atoms with Crippen molar-refractivity contribution < 1.29 is 58.3 Å². The number of nitrogens with zero attached hydrogens (tertiary/aromatic N) is 1. The molecule has 0 unspecified atom stereocenters. The summed E-state index contributed by atoms with van der Waals surface area (Å²) < 4.78 is 133. The second kappa shape index (κ2) is 13.7. The van der Waals surface area contributed by atoms with E-state index in [2.05, 4.69) is 10.6 Å². The minimum atomic E-state index is -4.88. The predicted octanol–water partition coefficient (Wildman–Crippen LogP) is 6.54. The lowest BCUT2D eigenvalue weighted by atomic mass is 9.83. The van der Waals surface area contributed by atoms with E-state index < -0.39 is 110 Å². The second-order valence-electron chi connectivity index (χ2n) is 10.0. The molecule has 3 rings (SSSR count). The van der Waals surface area contributed by atoms with Gasteiger partial charge in [0.2, 0.25) is 17.7 Å². The van der Waals surface area contributed by atoms with Gasteiger partial charge in [0.05, 0.1) is 17.9 Å². The number of alkyl halides is 10. The first-order valence-corrected chi connectivity index (χ1v) is 13.0. The molecular weight excluding hydrogens is 618 g/mol. The van der Waals surface area contributed by atoms with E-state index in [-0.39, 0.29) is 11.4 Å². The summed E-state index contributed by atoms with van der Waals surface area (Å²) in [6.07, 6.45) is -21.4. The van der Waals surface area contributed by atoms with Crippen LogP contribution >= 0.6 is 0 Å². The van der Waals surface area contributed by atoms with E-state index in [9.17, 15) is 58.3 Å². The van der Waals surface area contributed by atoms with Gasteiger partial charge >= 0.3 is 12.4 Å². The number of hydrogen-bond acceptors (Lipinski definition) is 4. The van der Waals surface area contributed by atoms with Crippen molar-refractivity contribution in [3.8, 4) is 0 Å². The van der Waals surface area contributed by atoms with Crippen LogP contribution in [0.1, 0.15) is 49.7 Å². The molecule has 3 atom stereocenters. The summed E-state index contributed by atoms with van der Waals surface area (Å²) in [5.74, 6) is -8.15. The Bertz CT molecular complexity index is 1350. The number of carbonyl (C=O) groups is 3. The van der Waals surface area contributed by atoms with E-state index in [1.54, 1.807) is 0 Å². The van der Waals surface area contributed by atoms with E-state index in [0.29, 0.717) is 0 Å². The largest absolute Gasteiger partial charge is 0.389 e. The number of nitrogens with one attached hydrogen (secondary N) is 2. The van der Waals surface area contributed by atoms with Gasteiger partial charge in [-0.05, 0) is 31.0 Å². The summed E-state index contributed by atoms with van der Waals surface area (Å²) in [4.78, 5) is 39.7. The fourth-order valence-electron chi connectivity index (χ4n) is 4.83. The Labute approximate surface area is 243 Å². The summed E-state index contributed by atoms with van der Waals surface area (Å²) in [6.45, 7) is -0.639. The second-order valence-corrected chi connectivity index (χ2v) is 10.0. The molecule has 3 amide bonds. The molecule has 17 heteroatoms. The van der Waals surface area contributed by atoms with Crippen LogP contribution in [0.3, 0.4) is 0 Å². The number of halogens is 10. The first-order valence-electron chi connectivity index (χ1n) is 13.0. The molecule has 0 saturated carbocycles. The molecule has 242 valence electrons. The number of benzene rings is 2. The van der Waals surface area contributed by atoms with Crippen molar-refractivity contribution in [3.63, 3.8) is 0 Å². The van der Waals surface area contributed by atoms with E-state index in [4.69, 9.17) is 5.73 Å². The van der Waals surface area contributed by atoms with Gasteiger partial charge in [-0.15, -0.1) is 0 Å². The molecule has 1 aliphatic rings.